The number of nitrogens with zero attached hydrogens (tertiary/aromatic N) is 2. The zero-order chi connectivity index (χ0) is 16.7. The van der Waals surface area contributed by atoms with Crippen LogP contribution in [0.15, 0.2) is 54.6 Å². The molecule has 0 aliphatic carbocycles. The van der Waals surface area contributed by atoms with E-state index in [-0.39, 0.29) is 12.5 Å². The molecule has 0 aliphatic rings. The Kier molecular flexibility index (Phi) is 6.00. The average Bonchev–Trinajstić information content (AvgIpc) is 2.61. The number of benzene rings is 2. The van der Waals surface area contributed by atoms with E-state index in [9.17, 15) is 4.79 Å². The van der Waals surface area contributed by atoms with Crippen LogP contribution in [0.4, 0.5) is 5.69 Å². The quantitative estimate of drug-likeness (QED) is 0.737. The van der Waals surface area contributed by atoms with Crippen LogP contribution in [0.5, 0.6) is 5.75 Å². The summed E-state index contributed by atoms with van der Waals surface area (Å²) in [6, 6.07) is 17.7. The van der Waals surface area contributed by atoms with Crippen molar-refractivity contribution in [3.63, 3.8) is 0 Å². The number of ether oxygens (including phenoxy) is 1. The number of hydrogen-bond acceptors (Lipinski definition) is 4. The van der Waals surface area contributed by atoms with Crippen LogP contribution < -0.4 is 9.64 Å². The minimum absolute atomic E-state index is 0.112. The third-order valence-electron chi connectivity index (χ3n) is 3.61. The molecule has 2 aromatic rings. The van der Waals surface area contributed by atoms with Crippen LogP contribution >= 0.6 is 0 Å². The van der Waals surface area contributed by atoms with Gasteiger partial charge in [0.2, 0.25) is 0 Å². The summed E-state index contributed by atoms with van der Waals surface area (Å²) in [5.74, 6) is 0.674. The molecule has 1 amide bonds. The molecule has 0 bridgehead atoms. The molecule has 0 unspecified atom stereocenters. The Labute approximate surface area is 137 Å². The fraction of sp³-hybridized carbons (Fsp3) is 0.278. The number of likely N-dealkylation sites (N-methyl/N-ethyl adjacent to an activating group) is 1. The molecule has 0 aliphatic heterocycles. The predicted octanol–water partition coefficient (Wildman–Crippen LogP) is 2.72. The highest BCUT2D eigenvalue weighted by Crippen LogP contribution is 2.21. The molecule has 0 spiro atoms. The number of carbonyl (C=O) groups excluding carboxylic acids is 1. The van der Waals surface area contributed by atoms with Gasteiger partial charge in [-0.05, 0) is 29.8 Å². The molecule has 0 saturated carbocycles. The van der Waals surface area contributed by atoms with Gasteiger partial charge >= 0.3 is 0 Å². The monoisotopic (exact) mass is 314 g/mol. The van der Waals surface area contributed by atoms with Gasteiger partial charge in [-0.3, -0.25) is 9.63 Å². The van der Waals surface area contributed by atoms with E-state index >= 15 is 0 Å². The molecule has 0 N–H and O–H groups in total. The van der Waals surface area contributed by atoms with Crippen molar-refractivity contribution in [2.24, 2.45) is 0 Å². The van der Waals surface area contributed by atoms with Crippen LogP contribution in [-0.4, -0.2) is 38.8 Å². The second-order valence-electron chi connectivity index (χ2n) is 5.11. The van der Waals surface area contributed by atoms with Gasteiger partial charge in [0.1, 0.15) is 5.75 Å². The van der Waals surface area contributed by atoms with Crippen LogP contribution in [0.25, 0.3) is 0 Å². The van der Waals surface area contributed by atoms with E-state index in [1.54, 1.807) is 14.2 Å². The zero-order valence-electron chi connectivity index (χ0n) is 13.7. The molecule has 0 radical (unpaired) electrons. The Balaban J connectivity index is 2.20. The number of rotatable bonds is 7. The highest BCUT2D eigenvalue weighted by atomic mass is 16.7. The van der Waals surface area contributed by atoms with E-state index in [0.717, 1.165) is 17.0 Å². The minimum Gasteiger partial charge on any atom is -0.497 e. The van der Waals surface area contributed by atoms with Gasteiger partial charge in [0.25, 0.3) is 5.91 Å². The fourth-order valence-corrected chi connectivity index (χ4v) is 2.20. The number of hydrogen-bond donors (Lipinski definition) is 0. The number of hydroxylamine groups is 2. The lowest BCUT2D eigenvalue weighted by Gasteiger charge is -2.26. The average molecular weight is 314 g/mol. The van der Waals surface area contributed by atoms with Crippen LogP contribution in [0.1, 0.15) is 5.56 Å². The molecule has 122 valence electrons. The smallest absolute Gasteiger partial charge is 0.265 e. The van der Waals surface area contributed by atoms with E-state index in [2.05, 4.69) is 0 Å². The summed E-state index contributed by atoms with van der Waals surface area (Å²) < 4.78 is 5.19. The first-order valence-electron chi connectivity index (χ1n) is 7.37. The van der Waals surface area contributed by atoms with Crippen LogP contribution in [0.3, 0.4) is 0 Å². The molecule has 5 nitrogen and oxygen atoms in total. The Morgan fingerprint density at radius 3 is 2.22 bits per heavy atom. The van der Waals surface area contributed by atoms with E-state index < -0.39 is 0 Å². The highest BCUT2D eigenvalue weighted by Gasteiger charge is 2.15. The third-order valence-corrected chi connectivity index (χ3v) is 3.61. The van der Waals surface area contributed by atoms with E-state index in [1.807, 2.05) is 59.5 Å². The summed E-state index contributed by atoms with van der Waals surface area (Å²) >= 11 is 0. The highest BCUT2D eigenvalue weighted by molar-refractivity contribution is 5.80. The first kappa shape index (κ1) is 16.8. The Hall–Kier alpha value is -2.53. The van der Waals surface area contributed by atoms with Crippen molar-refractivity contribution in [3.05, 3.63) is 60.2 Å². The number of anilines is 1. The molecule has 0 heterocycles. The van der Waals surface area contributed by atoms with E-state index in [4.69, 9.17) is 9.57 Å². The maximum absolute atomic E-state index is 12.2. The van der Waals surface area contributed by atoms with Crippen molar-refractivity contribution < 1.29 is 14.4 Å². The molecule has 0 atom stereocenters. The Morgan fingerprint density at radius 2 is 1.65 bits per heavy atom. The third kappa shape index (κ3) is 4.72. The fourth-order valence-electron chi connectivity index (χ4n) is 2.20. The number of carbonyl (C=O) groups is 1. The van der Waals surface area contributed by atoms with Crippen molar-refractivity contribution in [2.75, 3.05) is 32.7 Å². The van der Waals surface area contributed by atoms with Crippen LogP contribution in [0, 0.1) is 0 Å². The van der Waals surface area contributed by atoms with Crippen molar-refractivity contribution >= 4 is 11.6 Å². The normalized spacial score (nSPS) is 10.2. The Bertz CT molecular complexity index is 614. The summed E-state index contributed by atoms with van der Waals surface area (Å²) in [6.07, 6.45) is 0. The lowest BCUT2D eigenvalue weighted by molar-refractivity contribution is -0.166. The molecule has 0 saturated heterocycles. The second kappa shape index (κ2) is 8.19. The summed E-state index contributed by atoms with van der Waals surface area (Å²) in [5, 5.41) is 1.24. The van der Waals surface area contributed by atoms with Crippen molar-refractivity contribution in [3.8, 4) is 5.75 Å². The molecular weight excluding hydrogens is 292 g/mol. The van der Waals surface area contributed by atoms with Gasteiger partial charge in [0.15, 0.2) is 0 Å². The Morgan fingerprint density at radius 1 is 1.00 bits per heavy atom. The first-order valence-corrected chi connectivity index (χ1v) is 7.37. The molecule has 5 heteroatoms. The largest absolute Gasteiger partial charge is 0.497 e. The van der Waals surface area contributed by atoms with Gasteiger partial charge < -0.3 is 9.64 Å². The standard InChI is InChI=1S/C18H22N2O3/c1-19(23-3)18(21)14-20(13-15-7-5-4-6-8-15)16-9-11-17(22-2)12-10-16/h4-12H,13-14H2,1-3H3. The van der Waals surface area contributed by atoms with Gasteiger partial charge in [-0.1, -0.05) is 30.3 Å². The molecule has 2 aromatic carbocycles. The van der Waals surface area contributed by atoms with Crippen molar-refractivity contribution in [1.82, 2.24) is 5.06 Å². The number of amides is 1. The summed E-state index contributed by atoms with van der Waals surface area (Å²) in [7, 11) is 4.72. The van der Waals surface area contributed by atoms with Crippen molar-refractivity contribution in [1.29, 1.82) is 0 Å². The summed E-state index contributed by atoms with van der Waals surface area (Å²) in [6.45, 7) is 0.863. The predicted molar refractivity (Wildman–Crippen MR) is 90.3 cm³/mol. The molecule has 0 aromatic heterocycles. The lowest BCUT2D eigenvalue weighted by Crippen LogP contribution is -2.37. The topological polar surface area (TPSA) is 42.0 Å². The van der Waals surface area contributed by atoms with E-state index in [1.165, 1.54) is 12.2 Å². The minimum atomic E-state index is -0.112. The number of methoxy groups -OCH3 is 1. The maximum atomic E-state index is 12.2. The van der Waals surface area contributed by atoms with Crippen LogP contribution in [0.2, 0.25) is 0 Å². The molecular formula is C18H22N2O3. The van der Waals surface area contributed by atoms with Gasteiger partial charge in [-0.15, -0.1) is 0 Å². The van der Waals surface area contributed by atoms with Crippen LogP contribution in [-0.2, 0) is 16.2 Å². The first-order chi connectivity index (χ1) is 11.1. The molecule has 23 heavy (non-hydrogen) atoms. The summed E-state index contributed by atoms with van der Waals surface area (Å²) in [4.78, 5) is 19.2. The van der Waals surface area contributed by atoms with E-state index in [0.29, 0.717) is 6.54 Å². The zero-order valence-corrected chi connectivity index (χ0v) is 13.7. The summed E-state index contributed by atoms with van der Waals surface area (Å²) in [5.41, 5.74) is 2.09. The maximum Gasteiger partial charge on any atom is 0.265 e. The van der Waals surface area contributed by atoms with Gasteiger partial charge in [0.05, 0.1) is 20.8 Å². The van der Waals surface area contributed by atoms with Crippen molar-refractivity contribution in [2.45, 2.75) is 6.54 Å². The second-order valence-corrected chi connectivity index (χ2v) is 5.11. The SMILES string of the molecule is COc1ccc(N(CC(=O)N(C)OC)Cc2ccccc2)cc1. The van der Waals surface area contributed by atoms with Gasteiger partial charge in [-0.25, -0.2) is 5.06 Å². The molecule has 2 rings (SSSR count). The lowest BCUT2D eigenvalue weighted by atomic mass is 10.2. The van der Waals surface area contributed by atoms with Gasteiger partial charge in [-0.2, -0.15) is 0 Å². The van der Waals surface area contributed by atoms with Gasteiger partial charge in [0, 0.05) is 19.3 Å². The molecule has 0 fully saturated rings.